The molecule has 0 unspecified atom stereocenters. The van der Waals surface area contributed by atoms with E-state index in [1.165, 1.54) is 16.8 Å². The molecular formula is C18H17F2N5O4S. The Hall–Kier alpha value is -3.41. The minimum atomic E-state index is -4.94. The molecule has 1 N–H and O–H groups in total. The van der Waals surface area contributed by atoms with Crippen LogP contribution >= 0.6 is 0 Å². The number of aromatic nitrogens is 4. The lowest BCUT2D eigenvalue weighted by atomic mass is 10.2. The van der Waals surface area contributed by atoms with Crippen molar-refractivity contribution in [1.29, 1.82) is 0 Å². The summed E-state index contributed by atoms with van der Waals surface area (Å²) in [6.07, 6.45) is 0. The normalized spacial score (nSPS) is 11.5. The summed E-state index contributed by atoms with van der Waals surface area (Å²) in [6.45, 7) is 2.22. The molecule has 0 bridgehead atoms. The summed E-state index contributed by atoms with van der Waals surface area (Å²) in [5.41, 5.74) is 0.214. The number of halogens is 2. The SMILES string of the molecule is CCOc1ccc(-n2nnnc2CNC(=O)c2ccccc2S(=O)(=O)C(F)F)cc1. The average molecular weight is 437 g/mol. The van der Waals surface area contributed by atoms with Crippen LogP contribution in [-0.2, 0) is 16.4 Å². The Bertz CT molecular complexity index is 1130. The molecule has 3 aromatic rings. The zero-order chi connectivity index (χ0) is 21.7. The second-order valence-corrected chi connectivity index (χ2v) is 7.80. The van der Waals surface area contributed by atoms with Crippen LogP contribution in [0.2, 0.25) is 0 Å². The average Bonchev–Trinajstić information content (AvgIpc) is 3.21. The number of hydrogen-bond acceptors (Lipinski definition) is 7. The van der Waals surface area contributed by atoms with E-state index < -0.39 is 32.0 Å². The first-order chi connectivity index (χ1) is 14.3. The Balaban J connectivity index is 1.78. The molecule has 3 rings (SSSR count). The summed E-state index contributed by atoms with van der Waals surface area (Å²) in [7, 11) is -4.94. The molecule has 2 aromatic carbocycles. The molecule has 9 nitrogen and oxygen atoms in total. The molecule has 1 aromatic heterocycles. The van der Waals surface area contributed by atoms with Crippen LogP contribution < -0.4 is 10.1 Å². The molecular weight excluding hydrogens is 420 g/mol. The van der Waals surface area contributed by atoms with E-state index in [9.17, 15) is 22.0 Å². The van der Waals surface area contributed by atoms with Crippen LogP contribution in [0.15, 0.2) is 53.4 Å². The second kappa shape index (κ2) is 8.95. The van der Waals surface area contributed by atoms with Crippen molar-refractivity contribution in [3.63, 3.8) is 0 Å². The highest BCUT2D eigenvalue weighted by Crippen LogP contribution is 2.22. The molecule has 12 heteroatoms. The van der Waals surface area contributed by atoms with Gasteiger partial charge in [0.15, 0.2) is 5.82 Å². The van der Waals surface area contributed by atoms with Crippen molar-refractivity contribution >= 4 is 15.7 Å². The fourth-order valence-corrected chi connectivity index (χ4v) is 3.55. The molecule has 0 saturated heterocycles. The van der Waals surface area contributed by atoms with Gasteiger partial charge >= 0.3 is 5.76 Å². The third-order valence-corrected chi connectivity index (χ3v) is 5.44. The van der Waals surface area contributed by atoms with Gasteiger partial charge in [-0.05, 0) is 53.7 Å². The summed E-state index contributed by atoms with van der Waals surface area (Å²) < 4.78 is 56.2. The highest BCUT2D eigenvalue weighted by Gasteiger charge is 2.30. The van der Waals surface area contributed by atoms with Gasteiger partial charge in [-0.3, -0.25) is 4.79 Å². The van der Waals surface area contributed by atoms with E-state index in [0.29, 0.717) is 18.0 Å². The van der Waals surface area contributed by atoms with E-state index in [0.717, 1.165) is 12.1 Å². The molecule has 158 valence electrons. The number of rotatable bonds is 8. The van der Waals surface area contributed by atoms with Gasteiger partial charge < -0.3 is 10.1 Å². The standard InChI is InChI=1S/C18H17F2N5O4S/c1-2-29-13-9-7-12(8-10-13)25-16(22-23-24-25)11-21-17(26)14-5-3-4-6-15(14)30(27,28)18(19)20/h3-10,18H,2,11H2,1H3,(H,21,26). The number of ether oxygens (including phenoxy) is 1. The van der Waals surface area contributed by atoms with E-state index in [2.05, 4.69) is 20.8 Å². The topological polar surface area (TPSA) is 116 Å². The number of sulfone groups is 1. The Morgan fingerprint density at radius 1 is 1.17 bits per heavy atom. The Morgan fingerprint density at radius 2 is 1.87 bits per heavy atom. The van der Waals surface area contributed by atoms with Gasteiger partial charge in [-0.25, -0.2) is 8.42 Å². The lowest BCUT2D eigenvalue weighted by Crippen LogP contribution is -2.27. The van der Waals surface area contributed by atoms with Crippen molar-refractivity contribution in [2.75, 3.05) is 6.61 Å². The van der Waals surface area contributed by atoms with Crippen LogP contribution in [0.3, 0.4) is 0 Å². The molecule has 0 radical (unpaired) electrons. The van der Waals surface area contributed by atoms with E-state index >= 15 is 0 Å². The predicted molar refractivity (Wildman–Crippen MR) is 101 cm³/mol. The third kappa shape index (κ3) is 4.43. The molecule has 1 heterocycles. The second-order valence-electron chi connectivity index (χ2n) is 5.92. The van der Waals surface area contributed by atoms with Crippen molar-refractivity contribution in [3.05, 3.63) is 59.9 Å². The molecule has 0 atom stereocenters. The van der Waals surface area contributed by atoms with Crippen molar-refractivity contribution in [2.45, 2.75) is 24.1 Å². The number of amides is 1. The number of hydrogen-bond donors (Lipinski definition) is 1. The Labute approximate surface area is 170 Å². The maximum Gasteiger partial charge on any atom is 0.341 e. The number of nitrogens with one attached hydrogen (secondary N) is 1. The monoisotopic (exact) mass is 437 g/mol. The largest absolute Gasteiger partial charge is 0.494 e. The van der Waals surface area contributed by atoms with Gasteiger partial charge in [-0.2, -0.15) is 13.5 Å². The lowest BCUT2D eigenvalue weighted by molar-refractivity contribution is 0.0946. The van der Waals surface area contributed by atoms with Gasteiger partial charge in [0.25, 0.3) is 5.91 Å². The van der Waals surface area contributed by atoms with Crippen LogP contribution in [-0.4, -0.2) is 46.9 Å². The smallest absolute Gasteiger partial charge is 0.341 e. The van der Waals surface area contributed by atoms with Gasteiger partial charge in [0, 0.05) is 0 Å². The van der Waals surface area contributed by atoms with Crippen LogP contribution in [0.1, 0.15) is 23.1 Å². The van der Waals surface area contributed by atoms with Crippen LogP contribution in [0.25, 0.3) is 5.69 Å². The Morgan fingerprint density at radius 3 is 2.53 bits per heavy atom. The molecule has 0 aliphatic carbocycles. The molecule has 0 aliphatic rings. The first-order valence-electron chi connectivity index (χ1n) is 8.74. The minimum absolute atomic E-state index is 0.165. The fourth-order valence-electron chi connectivity index (χ4n) is 2.62. The molecule has 0 spiro atoms. The zero-order valence-corrected chi connectivity index (χ0v) is 16.5. The van der Waals surface area contributed by atoms with Gasteiger partial charge in [0.05, 0.1) is 29.3 Å². The number of nitrogens with zero attached hydrogens (tertiary/aromatic N) is 4. The number of benzene rings is 2. The van der Waals surface area contributed by atoms with Gasteiger partial charge in [0.2, 0.25) is 9.84 Å². The number of alkyl halides is 2. The van der Waals surface area contributed by atoms with Crippen molar-refractivity contribution < 1.29 is 26.7 Å². The van der Waals surface area contributed by atoms with E-state index in [-0.39, 0.29) is 12.4 Å². The highest BCUT2D eigenvalue weighted by molar-refractivity contribution is 7.91. The first kappa shape index (κ1) is 21.3. The molecule has 0 fully saturated rings. The van der Waals surface area contributed by atoms with E-state index in [1.54, 1.807) is 24.3 Å². The maximum absolute atomic E-state index is 12.9. The fraction of sp³-hybridized carbons (Fsp3) is 0.222. The zero-order valence-electron chi connectivity index (χ0n) is 15.7. The Kier molecular flexibility index (Phi) is 6.35. The van der Waals surface area contributed by atoms with Crippen LogP contribution in [0.5, 0.6) is 5.75 Å². The summed E-state index contributed by atoms with van der Waals surface area (Å²) in [4.78, 5) is 11.7. The number of tetrazole rings is 1. The first-order valence-corrected chi connectivity index (χ1v) is 10.3. The van der Waals surface area contributed by atoms with E-state index in [4.69, 9.17) is 4.74 Å². The quantitative estimate of drug-likeness (QED) is 0.573. The summed E-state index contributed by atoms with van der Waals surface area (Å²) >= 11 is 0. The summed E-state index contributed by atoms with van der Waals surface area (Å²) in [5.74, 6) is -3.57. The molecule has 0 aliphatic heterocycles. The van der Waals surface area contributed by atoms with Crippen LogP contribution in [0, 0.1) is 0 Å². The van der Waals surface area contributed by atoms with E-state index in [1.807, 2.05) is 6.92 Å². The van der Waals surface area contributed by atoms with Gasteiger partial charge in [-0.15, -0.1) is 5.10 Å². The minimum Gasteiger partial charge on any atom is -0.494 e. The number of carbonyl (C=O) groups excluding carboxylic acids is 1. The molecule has 30 heavy (non-hydrogen) atoms. The third-order valence-electron chi connectivity index (χ3n) is 4.01. The summed E-state index contributed by atoms with van der Waals surface area (Å²) in [6, 6.07) is 11.7. The van der Waals surface area contributed by atoms with Crippen molar-refractivity contribution in [1.82, 2.24) is 25.5 Å². The number of carbonyl (C=O) groups is 1. The lowest BCUT2D eigenvalue weighted by Gasteiger charge is -2.11. The maximum atomic E-state index is 12.9. The predicted octanol–water partition coefficient (Wildman–Crippen LogP) is 1.99. The molecule has 0 saturated carbocycles. The van der Waals surface area contributed by atoms with Gasteiger partial charge in [0.1, 0.15) is 5.75 Å². The van der Waals surface area contributed by atoms with Gasteiger partial charge in [-0.1, -0.05) is 12.1 Å². The molecule has 1 amide bonds. The highest BCUT2D eigenvalue weighted by atomic mass is 32.2. The van der Waals surface area contributed by atoms with Crippen LogP contribution in [0.4, 0.5) is 8.78 Å². The van der Waals surface area contributed by atoms with Crippen molar-refractivity contribution in [2.24, 2.45) is 0 Å². The summed E-state index contributed by atoms with van der Waals surface area (Å²) in [5, 5.41) is 13.7. The van der Waals surface area contributed by atoms with Crippen molar-refractivity contribution in [3.8, 4) is 11.4 Å².